The summed E-state index contributed by atoms with van der Waals surface area (Å²) >= 11 is 3.37. The first kappa shape index (κ1) is 14.9. The molecule has 0 radical (unpaired) electrons. The molecule has 0 fully saturated rings. The van der Waals surface area contributed by atoms with Gasteiger partial charge in [-0.2, -0.15) is 0 Å². The summed E-state index contributed by atoms with van der Waals surface area (Å²) in [5.74, 6) is 0.138. The van der Waals surface area contributed by atoms with Gasteiger partial charge in [-0.3, -0.25) is 4.98 Å². The molecule has 0 aliphatic carbocycles. The van der Waals surface area contributed by atoms with Crippen LogP contribution in [0.5, 0.6) is 0 Å². The van der Waals surface area contributed by atoms with Crippen LogP contribution in [0, 0.1) is 5.82 Å². The van der Waals surface area contributed by atoms with Crippen molar-refractivity contribution in [1.82, 2.24) is 19.5 Å². The third-order valence-corrected chi connectivity index (χ3v) is 4.02. The summed E-state index contributed by atoms with van der Waals surface area (Å²) in [4.78, 5) is 12.6. The van der Waals surface area contributed by atoms with E-state index in [4.69, 9.17) is 0 Å². The van der Waals surface area contributed by atoms with Crippen LogP contribution in [0.1, 0.15) is 26.3 Å². The van der Waals surface area contributed by atoms with Crippen molar-refractivity contribution in [3.63, 3.8) is 0 Å². The second-order valence-corrected chi connectivity index (χ2v) is 5.86. The zero-order valence-corrected chi connectivity index (χ0v) is 13.8. The number of hydrogen-bond acceptors (Lipinski definition) is 4. The molecule has 1 atom stereocenters. The van der Waals surface area contributed by atoms with E-state index in [-0.39, 0.29) is 6.04 Å². The van der Waals surface area contributed by atoms with E-state index in [0.29, 0.717) is 16.1 Å². The van der Waals surface area contributed by atoms with Gasteiger partial charge in [-0.15, -0.1) is 0 Å². The highest BCUT2D eigenvalue weighted by Gasteiger charge is 2.15. The molecule has 3 aromatic heterocycles. The summed E-state index contributed by atoms with van der Waals surface area (Å²) < 4.78 is 16.5. The molecule has 3 aromatic rings. The predicted octanol–water partition coefficient (Wildman–Crippen LogP) is 4.44. The molecule has 0 bridgehead atoms. The second-order valence-electron chi connectivity index (χ2n) is 5.05. The van der Waals surface area contributed by atoms with Crippen LogP contribution in [0.2, 0.25) is 0 Å². The van der Waals surface area contributed by atoms with Crippen molar-refractivity contribution < 1.29 is 4.39 Å². The highest BCUT2D eigenvalue weighted by Crippen LogP contribution is 2.30. The number of aromatic nitrogens is 4. The molecule has 114 valence electrons. The van der Waals surface area contributed by atoms with Crippen LogP contribution in [0.15, 0.2) is 35.5 Å². The SMILES string of the molecule is CCC(C)n1cnc2cc(Br)nc(Nc3ccncc3F)c21. The van der Waals surface area contributed by atoms with Crippen molar-refractivity contribution >= 4 is 38.5 Å². The third kappa shape index (κ3) is 2.68. The van der Waals surface area contributed by atoms with Gasteiger partial charge in [-0.1, -0.05) is 6.92 Å². The van der Waals surface area contributed by atoms with E-state index < -0.39 is 5.82 Å². The summed E-state index contributed by atoms with van der Waals surface area (Å²) in [6.45, 7) is 4.22. The van der Waals surface area contributed by atoms with Crippen molar-refractivity contribution in [2.75, 3.05) is 5.32 Å². The Bertz CT molecular complexity index is 817. The third-order valence-electron chi connectivity index (χ3n) is 3.61. The molecule has 3 heterocycles. The predicted molar refractivity (Wildman–Crippen MR) is 87.7 cm³/mol. The van der Waals surface area contributed by atoms with Crippen molar-refractivity contribution in [2.45, 2.75) is 26.3 Å². The van der Waals surface area contributed by atoms with Gasteiger partial charge in [-0.05, 0) is 41.4 Å². The van der Waals surface area contributed by atoms with E-state index in [2.05, 4.69) is 54.6 Å². The Morgan fingerprint density at radius 3 is 3.00 bits per heavy atom. The van der Waals surface area contributed by atoms with Crippen LogP contribution in [0.25, 0.3) is 11.0 Å². The number of hydrogen-bond donors (Lipinski definition) is 1. The van der Waals surface area contributed by atoms with E-state index in [9.17, 15) is 4.39 Å². The Labute approximate surface area is 135 Å². The monoisotopic (exact) mass is 363 g/mol. The normalized spacial score (nSPS) is 12.5. The number of fused-ring (bicyclic) bond motifs is 1. The Morgan fingerprint density at radius 2 is 2.27 bits per heavy atom. The van der Waals surface area contributed by atoms with Gasteiger partial charge in [-0.25, -0.2) is 14.4 Å². The van der Waals surface area contributed by atoms with Gasteiger partial charge in [0.25, 0.3) is 0 Å². The summed E-state index contributed by atoms with van der Waals surface area (Å²) in [6.07, 6.45) is 5.46. The number of nitrogens with one attached hydrogen (secondary N) is 1. The van der Waals surface area contributed by atoms with Crippen LogP contribution in [-0.2, 0) is 0 Å². The minimum absolute atomic E-state index is 0.274. The molecule has 22 heavy (non-hydrogen) atoms. The van der Waals surface area contributed by atoms with Gasteiger partial charge in [0.2, 0.25) is 0 Å². The summed E-state index contributed by atoms with van der Waals surface area (Å²) in [5, 5.41) is 3.04. The van der Waals surface area contributed by atoms with Crippen molar-refractivity contribution in [3.8, 4) is 0 Å². The van der Waals surface area contributed by atoms with E-state index in [0.717, 1.165) is 17.5 Å². The van der Waals surface area contributed by atoms with E-state index in [1.54, 1.807) is 12.4 Å². The van der Waals surface area contributed by atoms with Crippen LogP contribution in [0.4, 0.5) is 15.9 Å². The second kappa shape index (κ2) is 6.00. The number of rotatable bonds is 4. The maximum absolute atomic E-state index is 13.8. The fourth-order valence-electron chi connectivity index (χ4n) is 2.25. The zero-order chi connectivity index (χ0) is 15.7. The molecule has 0 saturated carbocycles. The maximum atomic E-state index is 13.8. The lowest BCUT2D eigenvalue weighted by molar-refractivity contribution is 0.544. The Morgan fingerprint density at radius 1 is 1.45 bits per heavy atom. The van der Waals surface area contributed by atoms with E-state index >= 15 is 0 Å². The summed E-state index contributed by atoms with van der Waals surface area (Å²) in [6, 6.07) is 3.70. The van der Waals surface area contributed by atoms with Crippen LogP contribution in [-0.4, -0.2) is 19.5 Å². The topological polar surface area (TPSA) is 55.6 Å². The van der Waals surface area contributed by atoms with Crippen LogP contribution < -0.4 is 5.32 Å². The lowest BCUT2D eigenvalue weighted by Gasteiger charge is -2.15. The highest BCUT2D eigenvalue weighted by molar-refractivity contribution is 9.10. The minimum atomic E-state index is -0.424. The maximum Gasteiger partial charge on any atom is 0.164 e. The molecule has 1 N–H and O–H groups in total. The molecule has 3 rings (SSSR count). The van der Waals surface area contributed by atoms with E-state index in [1.165, 1.54) is 12.4 Å². The molecular weight excluding hydrogens is 349 g/mol. The lowest BCUT2D eigenvalue weighted by Crippen LogP contribution is -2.05. The first-order valence-corrected chi connectivity index (χ1v) is 7.79. The molecule has 0 spiro atoms. The average Bonchev–Trinajstić information content (AvgIpc) is 2.92. The van der Waals surface area contributed by atoms with Gasteiger partial charge in [0.05, 0.1) is 23.7 Å². The fraction of sp³-hybridized carbons (Fsp3) is 0.267. The van der Waals surface area contributed by atoms with E-state index in [1.807, 2.05) is 6.07 Å². The standard InChI is InChI=1S/C15H15BrFN5/c1-3-9(2)22-8-19-12-6-13(16)21-15(14(12)22)20-11-4-5-18-7-10(11)17/h4-9H,3H2,1-2H3,(H,18,20,21). The van der Waals surface area contributed by atoms with Gasteiger partial charge in [0.15, 0.2) is 11.6 Å². The van der Waals surface area contributed by atoms with Gasteiger partial charge in [0.1, 0.15) is 10.1 Å². The average molecular weight is 364 g/mol. The van der Waals surface area contributed by atoms with Crippen LogP contribution >= 0.6 is 15.9 Å². The molecule has 0 aromatic carbocycles. The number of halogens is 2. The number of imidazole rings is 1. The molecule has 1 unspecified atom stereocenters. The number of anilines is 2. The quantitative estimate of drug-likeness (QED) is 0.696. The molecule has 0 amide bonds. The zero-order valence-electron chi connectivity index (χ0n) is 12.2. The molecule has 0 aliphatic rings. The Balaban J connectivity index is 2.15. The number of pyridine rings is 2. The minimum Gasteiger partial charge on any atom is -0.336 e. The van der Waals surface area contributed by atoms with Crippen molar-refractivity contribution in [1.29, 1.82) is 0 Å². The summed E-state index contributed by atoms with van der Waals surface area (Å²) in [7, 11) is 0. The fourth-order valence-corrected chi connectivity index (χ4v) is 2.65. The molecule has 0 saturated heterocycles. The lowest BCUT2D eigenvalue weighted by atomic mass is 10.2. The molecule has 5 nitrogen and oxygen atoms in total. The largest absolute Gasteiger partial charge is 0.336 e. The van der Waals surface area contributed by atoms with Gasteiger partial charge in [0, 0.05) is 12.2 Å². The van der Waals surface area contributed by atoms with Crippen molar-refractivity contribution in [2.24, 2.45) is 0 Å². The first-order valence-electron chi connectivity index (χ1n) is 6.99. The van der Waals surface area contributed by atoms with Crippen LogP contribution in [0.3, 0.4) is 0 Å². The van der Waals surface area contributed by atoms with Crippen molar-refractivity contribution in [3.05, 3.63) is 41.3 Å². The van der Waals surface area contributed by atoms with Gasteiger partial charge < -0.3 is 9.88 Å². The first-order chi connectivity index (χ1) is 10.6. The highest BCUT2D eigenvalue weighted by atomic mass is 79.9. The van der Waals surface area contributed by atoms with Gasteiger partial charge >= 0.3 is 0 Å². The molecular formula is C15H15BrFN5. The number of nitrogens with zero attached hydrogens (tertiary/aromatic N) is 4. The Kier molecular flexibility index (Phi) is 4.06. The molecule has 0 aliphatic heterocycles. The smallest absolute Gasteiger partial charge is 0.164 e. The Hall–Kier alpha value is -2.02. The molecule has 7 heteroatoms. The summed E-state index contributed by atoms with van der Waals surface area (Å²) in [5.41, 5.74) is 1.99.